The average molecular weight is 919 g/mol. The van der Waals surface area contributed by atoms with Gasteiger partial charge in [-0.1, -0.05) is 39.5 Å². The van der Waals surface area contributed by atoms with Crippen LogP contribution in [0.5, 0.6) is 0 Å². The van der Waals surface area contributed by atoms with Crippen molar-refractivity contribution in [3.63, 3.8) is 0 Å². The van der Waals surface area contributed by atoms with E-state index in [1.54, 1.807) is 73.8 Å². The molecule has 0 radical (unpaired) electrons. The first-order valence-corrected chi connectivity index (χ1v) is 22.4. The highest BCUT2D eigenvalue weighted by Gasteiger charge is 2.12. The molecule has 20 nitrogen and oxygen atoms in total. The summed E-state index contributed by atoms with van der Waals surface area (Å²) in [5.41, 5.74) is 18.4. The molecule has 0 saturated heterocycles. The number of nitrogens with zero attached hydrogens (tertiary/aromatic N) is 12. The van der Waals surface area contributed by atoms with Gasteiger partial charge in [0, 0.05) is 96.0 Å². The Bertz CT molecular complexity index is 2290. The molecule has 0 unspecified atom stereocenters. The van der Waals surface area contributed by atoms with Crippen molar-refractivity contribution in [2.24, 2.45) is 20.4 Å². The third kappa shape index (κ3) is 17.5. The fraction of sp³-hybridized carbons (Fsp3) is 0.292. The van der Waals surface area contributed by atoms with Crippen molar-refractivity contribution in [2.75, 3.05) is 32.3 Å². The van der Waals surface area contributed by atoms with Crippen molar-refractivity contribution in [1.82, 2.24) is 39.9 Å². The molecule has 4 heterocycles. The van der Waals surface area contributed by atoms with Gasteiger partial charge in [0.1, 0.15) is 0 Å². The van der Waals surface area contributed by atoms with E-state index >= 15 is 0 Å². The number of carbonyl (C=O) groups is 2. The summed E-state index contributed by atoms with van der Waals surface area (Å²) in [6.45, 7) is 11.4. The van der Waals surface area contributed by atoms with Crippen LogP contribution in [0.4, 0.5) is 35.2 Å². The zero-order valence-corrected chi connectivity index (χ0v) is 39.2. The van der Waals surface area contributed by atoms with Crippen LogP contribution in [-0.4, -0.2) is 74.5 Å². The minimum atomic E-state index is -0.0938. The molecule has 6 aromatic rings. The van der Waals surface area contributed by atoms with Gasteiger partial charge in [-0.3, -0.25) is 9.59 Å². The Kier molecular flexibility index (Phi) is 20.7. The lowest BCUT2D eigenvalue weighted by Crippen LogP contribution is -2.13. The van der Waals surface area contributed by atoms with Gasteiger partial charge in [0.05, 0.1) is 22.8 Å². The third-order valence-corrected chi connectivity index (χ3v) is 9.72. The van der Waals surface area contributed by atoms with E-state index in [1.165, 1.54) is 0 Å². The molecule has 4 aromatic heterocycles. The van der Waals surface area contributed by atoms with Gasteiger partial charge in [0.2, 0.25) is 35.6 Å². The first-order valence-electron chi connectivity index (χ1n) is 22.4. The minimum Gasteiger partial charge on any atom is -0.326 e. The highest BCUT2D eigenvalue weighted by atomic mass is 16.2. The highest BCUT2D eigenvalue weighted by Crippen LogP contribution is 2.21. The molecule has 0 spiro atoms. The van der Waals surface area contributed by atoms with E-state index in [9.17, 15) is 9.59 Å². The predicted molar refractivity (Wildman–Crippen MR) is 270 cm³/mol. The number of unbranched alkanes of at least 4 members (excludes halogenated alkanes) is 5. The SMILES string of the molecule is C/C(=N/Nc1ncccn1)c1cc(NC(=O)CCCCCCCCC(=O)Nc2cc(/C(C)=N\Nc3ncccn3)cc(/C(C)=N/Nc3ncccn3)c2)cc(/C(C)=N/Nc2ncccn2)c1.CC. The van der Waals surface area contributed by atoms with E-state index < -0.39 is 0 Å². The number of rotatable bonds is 23. The topological polar surface area (TPSA) is 259 Å². The third-order valence-electron chi connectivity index (χ3n) is 9.72. The molecule has 2 amide bonds. The van der Waals surface area contributed by atoms with Crippen LogP contribution in [0.15, 0.2) is 131 Å². The molecule has 0 aliphatic heterocycles. The van der Waals surface area contributed by atoms with E-state index in [4.69, 9.17) is 0 Å². The number of benzene rings is 2. The summed E-state index contributed by atoms with van der Waals surface area (Å²) in [4.78, 5) is 59.6. The molecule has 0 atom stereocenters. The van der Waals surface area contributed by atoms with Gasteiger partial charge >= 0.3 is 0 Å². The van der Waals surface area contributed by atoms with Crippen LogP contribution in [0.25, 0.3) is 0 Å². The predicted octanol–water partition coefficient (Wildman–Crippen LogP) is 8.92. The lowest BCUT2D eigenvalue weighted by atomic mass is 10.0. The van der Waals surface area contributed by atoms with Gasteiger partial charge in [-0.2, -0.15) is 20.4 Å². The molecule has 6 rings (SSSR count). The van der Waals surface area contributed by atoms with E-state index in [0.717, 1.165) is 60.8 Å². The van der Waals surface area contributed by atoms with Crippen molar-refractivity contribution in [3.05, 3.63) is 132 Å². The molecule has 0 bridgehead atoms. The van der Waals surface area contributed by atoms with Crippen LogP contribution in [-0.2, 0) is 9.59 Å². The average Bonchev–Trinajstić information content (AvgIpc) is 3.38. The molecule has 0 fully saturated rings. The van der Waals surface area contributed by atoms with Crippen LogP contribution in [0.3, 0.4) is 0 Å². The van der Waals surface area contributed by atoms with Crippen molar-refractivity contribution >= 4 is 69.8 Å². The molecule has 352 valence electrons. The molecule has 0 aliphatic rings. The molecule has 2 aromatic carbocycles. The van der Waals surface area contributed by atoms with Crippen molar-refractivity contribution < 1.29 is 9.59 Å². The zero-order valence-electron chi connectivity index (χ0n) is 39.2. The van der Waals surface area contributed by atoms with E-state index in [-0.39, 0.29) is 11.8 Å². The Hall–Kier alpha value is -8.42. The zero-order chi connectivity index (χ0) is 48.4. The smallest absolute Gasteiger partial charge is 0.243 e. The van der Waals surface area contributed by atoms with Gasteiger partial charge in [-0.05, 0) is 101 Å². The van der Waals surface area contributed by atoms with Crippen molar-refractivity contribution in [3.8, 4) is 0 Å². The second-order valence-corrected chi connectivity index (χ2v) is 14.8. The Labute approximate surface area is 396 Å². The number of hydrogen-bond donors (Lipinski definition) is 6. The van der Waals surface area contributed by atoms with Gasteiger partial charge < -0.3 is 10.6 Å². The number of hydrazone groups is 4. The monoisotopic (exact) mass is 918 g/mol. The maximum atomic E-state index is 13.2. The lowest BCUT2D eigenvalue weighted by molar-refractivity contribution is -0.117. The van der Waals surface area contributed by atoms with Crippen molar-refractivity contribution in [2.45, 2.75) is 92.9 Å². The summed E-state index contributed by atoms with van der Waals surface area (Å²) in [5.74, 6) is 1.26. The molecular weight excluding hydrogens is 861 g/mol. The Morgan fingerprint density at radius 3 is 0.868 bits per heavy atom. The normalized spacial score (nSPS) is 11.7. The summed E-state index contributed by atoms with van der Waals surface area (Å²) < 4.78 is 0. The second kappa shape index (κ2) is 27.8. The van der Waals surface area contributed by atoms with Gasteiger partial charge in [0.25, 0.3) is 0 Å². The Morgan fingerprint density at radius 2 is 0.618 bits per heavy atom. The van der Waals surface area contributed by atoms with E-state index in [2.05, 4.69) is 92.6 Å². The summed E-state index contributed by atoms with van der Waals surface area (Å²) in [6.07, 6.45) is 18.9. The number of aromatic nitrogens is 8. The first kappa shape index (κ1) is 50.6. The summed E-state index contributed by atoms with van der Waals surface area (Å²) in [6, 6.07) is 18.2. The molecule has 0 aliphatic carbocycles. The standard InChI is InChI=1S/C46H52N18O2.C2H6/c1-31(57-61-43-47-17-11-18-48-43)35-25-36(32(2)58-62-44-49-19-12-20-50-44)28-39(27-35)55-41(65)15-9-7-5-6-8-10-16-42(66)56-40-29-37(33(3)59-63-45-51-21-13-22-52-45)26-38(30-40)34(4)60-64-46-53-23-14-24-54-46;1-2/h11-14,17-30H,5-10,15-16H2,1-4H3,(H,55,65)(H,56,66)(H,47,48,61)(H,49,50,62)(H,51,52,63)(H,53,54,64);1-2H3/b57-31-,58-32+,59-33-,60-34+;. The fourth-order valence-corrected chi connectivity index (χ4v) is 6.18. The van der Waals surface area contributed by atoms with Crippen LogP contribution in [0, 0.1) is 0 Å². The first-order chi connectivity index (χ1) is 33.2. The Balaban J connectivity index is 0.00000426. The van der Waals surface area contributed by atoms with Gasteiger partial charge in [0.15, 0.2) is 0 Å². The Morgan fingerprint density at radius 1 is 0.382 bits per heavy atom. The quantitative estimate of drug-likeness (QED) is 0.0199. The molecule has 68 heavy (non-hydrogen) atoms. The number of hydrogen-bond acceptors (Lipinski definition) is 18. The minimum absolute atomic E-state index is 0.0938. The highest BCUT2D eigenvalue weighted by molar-refractivity contribution is 6.07. The van der Waals surface area contributed by atoms with Crippen LogP contribution in [0.1, 0.15) is 115 Å². The summed E-state index contributed by atoms with van der Waals surface area (Å²) in [7, 11) is 0. The van der Waals surface area contributed by atoms with Crippen molar-refractivity contribution in [1.29, 1.82) is 0 Å². The number of nitrogens with one attached hydrogen (secondary N) is 6. The number of anilines is 6. The molecule has 0 saturated carbocycles. The lowest BCUT2D eigenvalue weighted by Gasteiger charge is -2.12. The van der Waals surface area contributed by atoms with Crippen LogP contribution < -0.4 is 32.3 Å². The maximum Gasteiger partial charge on any atom is 0.243 e. The van der Waals surface area contributed by atoms with Gasteiger partial charge in [-0.15, -0.1) is 0 Å². The molecule has 6 N–H and O–H groups in total. The second-order valence-electron chi connectivity index (χ2n) is 14.8. The van der Waals surface area contributed by atoms with Crippen LogP contribution in [0.2, 0.25) is 0 Å². The molecule has 20 heteroatoms. The number of amides is 2. The largest absolute Gasteiger partial charge is 0.326 e. The van der Waals surface area contributed by atoms with E-state index in [1.807, 2.05) is 77.9 Å². The number of carbonyl (C=O) groups excluding carboxylic acids is 2. The maximum absolute atomic E-state index is 13.2. The summed E-state index contributed by atoms with van der Waals surface area (Å²) in [5, 5.41) is 23.9. The fourth-order valence-electron chi connectivity index (χ4n) is 6.18. The van der Waals surface area contributed by atoms with Gasteiger partial charge in [-0.25, -0.2) is 61.6 Å². The van der Waals surface area contributed by atoms with E-state index in [0.29, 0.717) is 70.9 Å². The van der Waals surface area contributed by atoms with Crippen LogP contribution >= 0.6 is 0 Å². The molecular formula is C48H58N18O2. The summed E-state index contributed by atoms with van der Waals surface area (Å²) >= 11 is 0.